The highest BCUT2D eigenvalue weighted by molar-refractivity contribution is 5.60. The molecule has 0 fully saturated rings. The fraction of sp³-hybridized carbons (Fsp3) is 0.273. The SMILES string of the molecule is OCCCn1nncc1-c1cccc(O)c1. The first-order chi connectivity index (χ1) is 7.81. The van der Waals surface area contributed by atoms with Gasteiger partial charge in [0, 0.05) is 18.7 Å². The third-order valence-electron chi connectivity index (χ3n) is 2.29. The summed E-state index contributed by atoms with van der Waals surface area (Å²) in [6.45, 7) is 0.737. The molecule has 0 amide bonds. The van der Waals surface area contributed by atoms with Crippen molar-refractivity contribution in [3.63, 3.8) is 0 Å². The molecule has 0 bridgehead atoms. The van der Waals surface area contributed by atoms with Gasteiger partial charge in [0.25, 0.3) is 0 Å². The number of phenolic OH excluding ortho intramolecular Hbond substituents is 1. The number of benzene rings is 1. The molecule has 0 aliphatic heterocycles. The van der Waals surface area contributed by atoms with E-state index < -0.39 is 0 Å². The minimum atomic E-state index is 0.124. The first-order valence-electron chi connectivity index (χ1n) is 5.10. The van der Waals surface area contributed by atoms with Crippen LogP contribution in [0.4, 0.5) is 0 Å². The van der Waals surface area contributed by atoms with E-state index in [0.29, 0.717) is 13.0 Å². The smallest absolute Gasteiger partial charge is 0.116 e. The molecule has 0 aliphatic carbocycles. The van der Waals surface area contributed by atoms with E-state index in [1.165, 1.54) is 0 Å². The van der Waals surface area contributed by atoms with E-state index in [2.05, 4.69) is 10.3 Å². The third kappa shape index (κ3) is 2.20. The van der Waals surface area contributed by atoms with Crippen LogP contribution >= 0.6 is 0 Å². The van der Waals surface area contributed by atoms with Gasteiger partial charge in [-0.3, -0.25) is 0 Å². The predicted octanol–water partition coefficient (Wildman–Crippen LogP) is 1.03. The molecule has 2 N–H and O–H groups in total. The quantitative estimate of drug-likeness (QED) is 0.805. The van der Waals surface area contributed by atoms with Crippen molar-refractivity contribution in [2.45, 2.75) is 13.0 Å². The van der Waals surface area contributed by atoms with Crippen LogP contribution in [0.5, 0.6) is 5.75 Å². The second kappa shape index (κ2) is 4.76. The lowest BCUT2D eigenvalue weighted by molar-refractivity contribution is 0.276. The molecule has 84 valence electrons. The summed E-state index contributed by atoms with van der Waals surface area (Å²) in [7, 11) is 0. The fourth-order valence-electron chi connectivity index (χ4n) is 1.53. The molecule has 5 nitrogen and oxygen atoms in total. The molecule has 0 atom stereocenters. The molecule has 0 spiro atoms. The number of aliphatic hydroxyl groups excluding tert-OH is 1. The number of hydrogen-bond donors (Lipinski definition) is 2. The average molecular weight is 219 g/mol. The molecular weight excluding hydrogens is 206 g/mol. The van der Waals surface area contributed by atoms with E-state index in [1.54, 1.807) is 29.1 Å². The topological polar surface area (TPSA) is 71.2 Å². The summed E-state index contributed by atoms with van der Waals surface area (Å²) >= 11 is 0. The van der Waals surface area contributed by atoms with Crippen LogP contribution in [0.1, 0.15) is 6.42 Å². The van der Waals surface area contributed by atoms with Crippen molar-refractivity contribution >= 4 is 0 Å². The van der Waals surface area contributed by atoms with E-state index in [9.17, 15) is 5.11 Å². The van der Waals surface area contributed by atoms with Gasteiger partial charge in [-0.05, 0) is 18.6 Å². The number of rotatable bonds is 4. The van der Waals surface area contributed by atoms with Gasteiger partial charge in [0.1, 0.15) is 5.75 Å². The molecule has 5 heteroatoms. The number of phenols is 1. The molecule has 2 aromatic rings. The van der Waals surface area contributed by atoms with Crippen LogP contribution in [0, 0.1) is 0 Å². The maximum Gasteiger partial charge on any atom is 0.116 e. The van der Waals surface area contributed by atoms with Crippen LogP contribution < -0.4 is 0 Å². The minimum absolute atomic E-state index is 0.124. The molecule has 0 saturated carbocycles. The Hall–Kier alpha value is -1.88. The van der Waals surface area contributed by atoms with Crippen LogP contribution in [0.3, 0.4) is 0 Å². The lowest BCUT2D eigenvalue weighted by Crippen LogP contribution is -2.04. The van der Waals surface area contributed by atoms with Gasteiger partial charge in [-0.1, -0.05) is 17.3 Å². The molecular formula is C11H13N3O2. The van der Waals surface area contributed by atoms with Gasteiger partial charge in [-0.25, -0.2) is 4.68 Å². The summed E-state index contributed by atoms with van der Waals surface area (Å²) in [5.74, 6) is 0.215. The Labute approximate surface area is 93.0 Å². The molecule has 0 radical (unpaired) electrons. The van der Waals surface area contributed by atoms with Gasteiger partial charge in [-0.15, -0.1) is 5.10 Å². The van der Waals surface area contributed by atoms with E-state index >= 15 is 0 Å². The van der Waals surface area contributed by atoms with Crippen LogP contribution in [0.15, 0.2) is 30.5 Å². The Balaban J connectivity index is 2.29. The van der Waals surface area contributed by atoms with Crippen LogP contribution in [0.2, 0.25) is 0 Å². The summed E-state index contributed by atoms with van der Waals surface area (Å²) in [4.78, 5) is 0. The third-order valence-corrected chi connectivity index (χ3v) is 2.29. The lowest BCUT2D eigenvalue weighted by atomic mass is 10.1. The van der Waals surface area contributed by atoms with Gasteiger partial charge in [0.2, 0.25) is 0 Å². The summed E-state index contributed by atoms with van der Waals surface area (Å²) in [6, 6.07) is 6.93. The molecule has 16 heavy (non-hydrogen) atoms. The first kappa shape index (κ1) is 10.6. The van der Waals surface area contributed by atoms with Crippen LogP contribution in [0.25, 0.3) is 11.3 Å². The normalized spacial score (nSPS) is 10.6. The highest BCUT2D eigenvalue weighted by atomic mass is 16.3. The molecule has 2 rings (SSSR count). The Morgan fingerprint density at radius 1 is 1.31 bits per heavy atom. The van der Waals surface area contributed by atoms with Gasteiger partial charge in [-0.2, -0.15) is 0 Å². The number of nitrogens with zero attached hydrogens (tertiary/aromatic N) is 3. The van der Waals surface area contributed by atoms with E-state index in [1.807, 2.05) is 6.07 Å². The highest BCUT2D eigenvalue weighted by Crippen LogP contribution is 2.22. The summed E-state index contributed by atoms with van der Waals surface area (Å²) in [6.07, 6.45) is 2.28. The summed E-state index contributed by atoms with van der Waals surface area (Å²) in [5.41, 5.74) is 1.70. The zero-order valence-electron chi connectivity index (χ0n) is 8.74. The minimum Gasteiger partial charge on any atom is -0.508 e. The first-order valence-corrected chi connectivity index (χ1v) is 5.10. The van der Waals surface area contributed by atoms with Gasteiger partial charge in [0.05, 0.1) is 11.9 Å². The zero-order chi connectivity index (χ0) is 11.4. The van der Waals surface area contributed by atoms with Crippen LogP contribution in [-0.2, 0) is 6.54 Å². The van der Waals surface area contributed by atoms with Gasteiger partial charge < -0.3 is 10.2 Å². The lowest BCUT2D eigenvalue weighted by Gasteiger charge is -2.05. The monoisotopic (exact) mass is 219 g/mol. The molecule has 0 saturated heterocycles. The molecule has 1 heterocycles. The highest BCUT2D eigenvalue weighted by Gasteiger charge is 2.06. The Morgan fingerprint density at radius 3 is 2.94 bits per heavy atom. The number of aromatic hydroxyl groups is 1. The van der Waals surface area contributed by atoms with Crippen molar-refractivity contribution in [3.05, 3.63) is 30.5 Å². The van der Waals surface area contributed by atoms with E-state index in [0.717, 1.165) is 11.3 Å². The molecule has 1 aromatic heterocycles. The fourth-order valence-corrected chi connectivity index (χ4v) is 1.53. The summed E-state index contributed by atoms with van der Waals surface area (Å²) in [5, 5.41) is 25.9. The maximum absolute atomic E-state index is 9.39. The Kier molecular flexibility index (Phi) is 3.16. The van der Waals surface area contributed by atoms with Crippen molar-refractivity contribution in [2.75, 3.05) is 6.61 Å². The second-order valence-corrected chi connectivity index (χ2v) is 3.47. The number of aliphatic hydroxyl groups is 1. The van der Waals surface area contributed by atoms with Crippen molar-refractivity contribution in [2.24, 2.45) is 0 Å². The molecule has 1 aromatic carbocycles. The van der Waals surface area contributed by atoms with E-state index in [4.69, 9.17) is 5.11 Å². The van der Waals surface area contributed by atoms with Crippen LogP contribution in [-0.4, -0.2) is 31.8 Å². The molecule has 0 aliphatic rings. The standard InChI is InChI=1S/C11H13N3O2/c15-6-2-5-14-11(8-12-13-14)9-3-1-4-10(16)7-9/h1,3-4,7-8,15-16H,2,5-6H2. The number of aromatic nitrogens is 3. The second-order valence-electron chi connectivity index (χ2n) is 3.47. The number of hydrogen-bond acceptors (Lipinski definition) is 4. The predicted molar refractivity (Wildman–Crippen MR) is 58.8 cm³/mol. The largest absolute Gasteiger partial charge is 0.508 e. The van der Waals surface area contributed by atoms with Crippen molar-refractivity contribution < 1.29 is 10.2 Å². The maximum atomic E-state index is 9.39. The average Bonchev–Trinajstić information content (AvgIpc) is 2.74. The van der Waals surface area contributed by atoms with E-state index in [-0.39, 0.29) is 12.4 Å². The Morgan fingerprint density at radius 2 is 2.19 bits per heavy atom. The molecule has 0 unspecified atom stereocenters. The Bertz CT molecular complexity index is 468. The van der Waals surface area contributed by atoms with Crippen molar-refractivity contribution in [3.8, 4) is 17.0 Å². The zero-order valence-corrected chi connectivity index (χ0v) is 8.74. The van der Waals surface area contributed by atoms with Gasteiger partial charge >= 0.3 is 0 Å². The van der Waals surface area contributed by atoms with Gasteiger partial charge in [0.15, 0.2) is 0 Å². The summed E-state index contributed by atoms with van der Waals surface area (Å²) < 4.78 is 1.71. The number of aryl methyl sites for hydroxylation is 1. The van der Waals surface area contributed by atoms with Crippen molar-refractivity contribution in [1.29, 1.82) is 0 Å². The van der Waals surface area contributed by atoms with Crippen molar-refractivity contribution in [1.82, 2.24) is 15.0 Å².